The summed E-state index contributed by atoms with van der Waals surface area (Å²) in [4.78, 5) is 15.3. The van der Waals surface area contributed by atoms with Gasteiger partial charge in [-0.3, -0.25) is 0 Å². The number of carboxylic acids is 1. The van der Waals surface area contributed by atoms with Gasteiger partial charge < -0.3 is 10.4 Å². The molecule has 0 aromatic carbocycles. The second kappa shape index (κ2) is 4.92. The molecule has 1 aliphatic carbocycles. The zero-order valence-electron chi connectivity index (χ0n) is 9.66. The second-order valence-electron chi connectivity index (χ2n) is 4.32. The van der Waals surface area contributed by atoms with Crippen LogP contribution in [0.15, 0.2) is 6.07 Å². The predicted molar refractivity (Wildman–Crippen MR) is 66.8 cm³/mol. The van der Waals surface area contributed by atoms with Crippen LogP contribution in [0.4, 0.5) is 5.82 Å². The standard InChI is InChI=1S/C12H15ClN2O2/c1-2-8-5-9(12(16)17)11(15-10(8)13)14-6-7-3-4-7/h5,7H,2-4,6H2,1H3,(H,14,15)(H,16,17). The van der Waals surface area contributed by atoms with E-state index >= 15 is 0 Å². The Balaban J connectivity index is 2.26. The Kier molecular flexibility index (Phi) is 3.52. The Morgan fingerprint density at radius 3 is 2.88 bits per heavy atom. The van der Waals surface area contributed by atoms with E-state index in [1.807, 2.05) is 6.92 Å². The molecule has 2 rings (SSSR count). The van der Waals surface area contributed by atoms with Crippen molar-refractivity contribution in [1.82, 2.24) is 4.98 Å². The minimum absolute atomic E-state index is 0.201. The topological polar surface area (TPSA) is 62.2 Å². The first-order chi connectivity index (χ1) is 8.11. The molecule has 0 saturated heterocycles. The van der Waals surface area contributed by atoms with Gasteiger partial charge in [0.15, 0.2) is 0 Å². The molecule has 1 aliphatic rings. The maximum atomic E-state index is 11.1. The highest BCUT2D eigenvalue weighted by atomic mass is 35.5. The molecule has 0 bridgehead atoms. The minimum Gasteiger partial charge on any atom is -0.478 e. The van der Waals surface area contributed by atoms with Gasteiger partial charge in [0.1, 0.15) is 16.5 Å². The molecule has 0 amide bonds. The number of pyridine rings is 1. The molecule has 1 saturated carbocycles. The third kappa shape index (κ3) is 2.88. The Morgan fingerprint density at radius 1 is 1.65 bits per heavy atom. The monoisotopic (exact) mass is 254 g/mol. The molecule has 17 heavy (non-hydrogen) atoms. The van der Waals surface area contributed by atoms with Crippen molar-refractivity contribution in [2.45, 2.75) is 26.2 Å². The maximum Gasteiger partial charge on any atom is 0.339 e. The largest absolute Gasteiger partial charge is 0.478 e. The first kappa shape index (κ1) is 12.2. The lowest BCUT2D eigenvalue weighted by atomic mass is 10.1. The molecule has 1 aromatic heterocycles. The molecule has 1 heterocycles. The Hall–Kier alpha value is -1.29. The van der Waals surface area contributed by atoms with Gasteiger partial charge in [-0.2, -0.15) is 0 Å². The van der Waals surface area contributed by atoms with Crippen molar-refractivity contribution in [2.75, 3.05) is 11.9 Å². The van der Waals surface area contributed by atoms with Crippen molar-refractivity contribution in [3.8, 4) is 0 Å². The number of carbonyl (C=O) groups is 1. The number of anilines is 1. The quantitative estimate of drug-likeness (QED) is 0.793. The molecule has 0 unspecified atom stereocenters. The average molecular weight is 255 g/mol. The van der Waals surface area contributed by atoms with Crippen LogP contribution < -0.4 is 5.32 Å². The van der Waals surface area contributed by atoms with Crippen molar-refractivity contribution in [1.29, 1.82) is 0 Å². The van der Waals surface area contributed by atoms with E-state index in [9.17, 15) is 4.79 Å². The van der Waals surface area contributed by atoms with Gasteiger partial charge in [-0.25, -0.2) is 9.78 Å². The van der Waals surface area contributed by atoms with Crippen LogP contribution >= 0.6 is 11.6 Å². The molecule has 0 aliphatic heterocycles. The van der Waals surface area contributed by atoms with Crippen LogP contribution in [0.1, 0.15) is 35.7 Å². The third-order valence-corrected chi connectivity index (χ3v) is 3.24. The molecular formula is C12H15ClN2O2. The highest BCUT2D eigenvalue weighted by Gasteiger charge is 2.22. The van der Waals surface area contributed by atoms with Gasteiger partial charge in [-0.05, 0) is 36.8 Å². The van der Waals surface area contributed by atoms with Gasteiger partial charge in [-0.15, -0.1) is 0 Å². The predicted octanol–water partition coefficient (Wildman–Crippen LogP) is 2.82. The number of nitrogens with zero attached hydrogens (tertiary/aromatic N) is 1. The first-order valence-electron chi connectivity index (χ1n) is 5.78. The summed E-state index contributed by atoms with van der Waals surface area (Å²) in [5.41, 5.74) is 0.966. The lowest BCUT2D eigenvalue weighted by molar-refractivity contribution is 0.0697. The molecule has 1 aromatic rings. The van der Waals surface area contributed by atoms with Crippen LogP contribution in [0.3, 0.4) is 0 Å². The van der Waals surface area contributed by atoms with Gasteiger partial charge in [0.25, 0.3) is 0 Å². The fourth-order valence-electron chi connectivity index (χ4n) is 1.64. The number of aryl methyl sites for hydroxylation is 1. The summed E-state index contributed by atoms with van der Waals surface area (Å²) in [6.45, 7) is 2.70. The SMILES string of the molecule is CCc1cc(C(=O)O)c(NCC2CC2)nc1Cl. The molecule has 0 radical (unpaired) electrons. The number of nitrogens with one attached hydrogen (secondary N) is 1. The summed E-state index contributed by atoms with van der Waals surface area (Å²) in [6, 6.07) is 1.60. The Morgan fingerprint density at radius 2 is 2.35 bits per heavy atom. The van der Waals surface area contributed by atoms with E-state index in [4.69, 9.17) is 16.7 Å². The zero-order chi connectivity index (χ0) is 12.4. The molecule has 0 spiro atoms. The van der Waals surface area contributed by atoms with E-state index in [1.165, 1.54) is 12.8 Å². The third-order valence-electron chi connectivity index (χ3n) is 2.92. The van der Waals surface area contributed by atoms with E-state index in [0.29, 0.717) is 23.3 Å². The van der Waals surface area contributed by atoms with Gasteiger partial charge in [0, 0.05) is 6.54 Å². The number of hydrogen-bond acceptors (Lipinski definition) is 3. The van der Waals surface area contributed by atoms with Gasteiger partial charge >= 0.3 is 5.97 Å². The fourth-order valence-corrected chi connectivity index (χ4v) is 1.91. The molecule has 0 atom stereocenters. The van der Waals surface area contributed by atoms with Gasteiger partial charge in [0.2, 0.25) is 0 Å². The minimum atomic E-state index is -0.970. The maximum absolute atomic E-state index is 11.1. The molecule has 2 N–H and O–H groups in total. The fraction of sp³-hybridized carbons (Fsp3) is 0.500. The first-order valence-corrected chi connectivity index (χ1v) is 6.16. The highest BCUT2D eigenvalue weighted by molar-refractivity contribution is 6.30. The number of halogens is 1. The number of rotatable bonds is 5. The summed E-state index contributed by atoms with van der Waals surface area (Å²) in [6.07, 6.45) is 3.08. The van der Waals surface area contributed by atoms with Crippen LogP contribution in [0.2, 0.25) is 5.15 Å². The average Bonchev–Trinajstić information content (AvgIpc) is 3.09. The number of carboxylic acid groups (broad SMARTS) is 1. The van der Waals surface area contributed by atoms with Crippen LogP contribution in [-0.2, 0) is 6.42 Å². The molecule has 92 valence electrons. The lowest BCUT2D eigenvalue weighted by Gasteiger charge is -2.10. The van der Waals surface area contributed by atoms with E-state index in [1.54, 1.807) is 6.07 Å². The van der Waals surface area contributed by atoms with E-state index in [2.05, 4.69) is 10.3 Å². The summed E-state index contributed by atoms with van der Waals surface area (Å²) >= 11 is 5.99. The van der Waals surface area contributed by atoms with Crippen molar-refractivity contribution >= 4 is 23.4 Å². The van der Waals surface area contributed by atoms with Crippen molar-refractivity contribution in [3.63, 3.8) is 0 Å². The summed E-state index contributed by atoms with van der Waals surface area (Å²) < 4.78 is 0. The lowest BCUT2D eigenvalue weighted by Crippen LogP contribution is -2.11. The van der Waals surface area contributed by atoms with E-state index in [0.717, 1.165) is 12.1 Å². The summed E-state index contributed by atoms with van der Waals surface area (Å²) in [7, 11) is 0. The normalized spacial score (nSPS) is 14.7. The summed E-state index contributed by atoms with van der Waals surface area (Å²) in [5, 5.41) is 12.6. The molecule has 1 fully saturated rings. The smallest absolute Gasteiger partial charge is 0.339 e. The van der Waals surface area contributed by atoms with Crippen molar-refractivity contribution in [2.24, 2.45) is 5.92 Å². The second-order valence-corrected chi connectivity index (χ2v) is 4.68. The van der Waals surface area contributed by atoms with Gasteiger partial charge in [0.05, 0.1) is 0 Å². The number of aromatic carboxylic acids is 1. The summed E-state index contributed by atoms with van der Waals surface area (Å²) in [5.74, 6) is 0.0665. The number of aromatic nitrogens is 1. The van der Waals surface area contributed by atoms with Crippen LogP contribution in [0, 0.1) is 5.92 Å². The van der Waals surface area contributed by atoms with Crippen molar-refractivity contribution < 1.29 is 9.90 Å². The molecule has 5 heteroatoms. The van der Waals surface area contributed by atoms with Crippen LogP contribution in [-0.4, -0.2) is 22.6 Å². The molecule has 4 nitrogen and oxygen atoms in total. The Bertz CT molecular complexity index is 444. The zero-order valence-corrected chi connectivity index (χ0v) is 10.4. The molecular weight excluding hydrogens is 240 g/mol. The highest BCUT2D eigenvalue weighted by Crippen LogP contribution is 2.30. The van der Waals surface area contributed by atoms with Crippen LogP contribution in [0.25, 0.3) is 0 Å². The van der Waals surface area contributed by atoms with Crippen LogP contribution in [0.5, 0.6) is 0 Å². The van der Waals surface area contributed by atoms with E-state index in [-0.39, 0.29) is 5.56 Å². The number of hydrogen-bond donors (Lipinski definition) is 2. The van der Waals surface area contributed by atoms with E-state index < -0.39 is 5.97 Å². The van der Waals surface area contributed by atoms with Crippen molar-refractivity contribution in [3.05, 3.63) is 22.3 Å². The van der Waals surface area contributed by atoms with Gasteiger partial charge in [-0.1, -0.05) is 18.5 Å². The Labute approximate surface area is 105 Å².